The third kappa shape index (κ3) is 4.66. The van der Waals surface area contributed by atoms with Crippen LogP contribution in [0, 0.1) is 5.41 Å². The predicted molar refractivity (Wildman–Crippen MR) is 112 cm³/mol. The molecule has 4 rings (SSSR count). The van der Waals surface area contributed by atoms with Gasteiger partial charge in [0, 0.05) is 25.4 Å². The van der Waals surface area contributed by atoms with Gasteiger partial charge in [-0.3, -0.25) is 19.2 Å². The Morgan fingerprint density at radius 1 is 1.33 bits per heavy atom. The molecule has 0 aromatic carbocycles. The molecule has 10 nitrogen and oxygen atoms in total. The molecule has 13 heteroatoms. The van der Waals surface area contributed by atoms with E-state index >= 15 is 0 Å². The number of anilines is 3. The molecule has 0 spiro atoms. The fourth-order valence-corrected chi connectivity index (χ4v) is 3.29. The van der Waals surface area contributed by atoms with Crippen LogP contribution in [0.3, 0.4) is 0 Å². The summed E-state index contributed by atoms with van der Waals surface area (Å²) in [6.07, 6.45) is -0.408. The first-order chi connectivity index (χ1) is 15.4. The monoisotopic (exact) mass is 463 g/mol. The van der Waals surface area contributed by atoms with Crippen LogP contribution in [0.5, 0.6) is 0 Å². The topological polar surface area (TPSA) is 118 Å². The Labute approximate surface area is 185 Å². The van der Waals surface area contributed by atoms with Crippen LogP contribution in [-0.4, -0.2) is 50.8 Å². The Kier molecular flexibility index (Phi) is 5.34. The second-order valence-electron chi connectivity index (χ2n) is 8.21. The highest BCUT2D eigenvalue weighted by Gasteiger charge is 2.46. The fraction of sp³-hybridized carbons (Fsp3) is 0.350. The van der Waals surface area contributed by atoms with Crippen molar-refractivity contribution in [2.75, 3.05) is 28.6 Å². The van der Waals surface area contributed by atoms with Crippen LogP contribution >= 0.6 is 0 Å². The number of halogens is 3. The van der Waals surface area contributed by atoms with E-state index in [1.165, 1.54) is 27.9 Å². The Balaban J connectivity index is 1.48. The number of alkyl halides is 3. The van der Waals surface area contributed by atoms with Gasteiger partial charge >= 0.3 is 6.18 Å². The van der Waals surface area contributed by atoms with Gasteiger partial charge in [-0.1, -0.05) is 0 Å². The van der Waals surface area contributed by atoms with Gasteiger partial charge in [-0.2, -0.15) is 18.3 Å². The maximum absolute atomic E-state index is 12.7. The van der Waals surface area contributed by atoms with Crippen molar-refractivity contribution in [2.45, 2.75) is 20.0 Å². The summed E-state index contributed by atoms with van der Waals surface area (Å²) >= 11 is 0. The van der Waals surface area contributed by atoms with Crippen LogP contribution in [-0.2, 0) is 11.8 Å². The molecule has 174 valence electrons. The van der Waals surface area contributed by atoms with E-state index < -0.39 is 24.0 Å². The average Bonchev–Trinajstić information content (AvgIpc) is 3.37. The molecule has 0 aliphatic carbocycles. The Morgan fingerprint density at radius 2 is 2.09 bits per heavy atom. The number of carbonyl (C=O) groups is 2. The normalized spacial score (nSPS) is 15.3. The number of β-lactam (4-membered cyclic amide) rings is 1. The van der Waals surface area contributed by atoms with E-state index in [1.54, 1.807) is 13.2 Å². The summed E-state index contributed by atoms with van der Waals surface area (Å²) in [6, 6.07) is 2.82. The Morgan fingerprint density at radius 3 is 2.76 bits per heavy atom. The molecular weight excluding hydrogens is 443 g/mol. The van der Waals surface area contributed by atoms with Crippen molar-refractivity contribution in [3.8, 4) is 11.5 Å². The van der Waals surface area contributed by atoms with E-state index in [9.17, 15) is 22.8 Å². The first-order valence-corrected chi connectivity index (χ1v) is 9.82. The van der Waals surface area contributed by atoms with Gasteiger partial charge in [-0.25, -0.2) is 9.97 Å². The first-order valence-electron chi connectivity index (χ1n) is 9.82. The number of nitrogens with one attached hydrogen (secondary N) is 2. The minimum atomic E-state index is -4.40. The summed E-state index contributed by atoms with van der Waals surface area (Å²) in [5, 5.41) is 9.10. The van der Waals surface area contributed by atoms with Crippen LogP contribution in [0.15, 0.2) is 35.2 Å². The zero-order valence-corrected chi connectivity index (χ0v) is 17.9. The number of aromatic nitrogens is 4. The summed E-state index contributed by atoms with van der Waals surface area (Å²) < 4.78 is 44.0. The summed E-state index contributed by atoms with van der Waals surface area (Å²) in [5.74, 6) is -0.364. The molecule has 3 aromatic rings. The van der Waals surface area contributed by atoms with E-state index in [0.29, 0.717) is 23.6 Å². The summed E-state index contributed by atoms with van der Waals surface area (Å²) in [6.45, 7) is 2.87. The standard InChI is InChI=1S/C20H20F3N7O3/c1-19(2)10-30(18(19)32)15-12(7-29(3)28-15)26-16(31)13-8-33-17(27-13)11-4-5-24-14(6-11)25-9-20(21,22)23/h4-8H,9-10H2,1-3H3,(H,24,25)(H,26,31). The van der Waals surface area contributed by atoms with Crippen molar-refractivity contribution < 1.29 is 27.2 Å². The molecule has 1 aliphatic heterocycles. The van der Waals surface area contributed by atoms with E-state index in [1.807, 2.05) is 13.8 Å². The van der Waals surface area contributed by atoms with Crippen molar-refractivity contribution in [3.05, 3.63) is 36.5 Å². The first kappa shape index (κ1) is 22.3. The number of pyridine rings is 1. The second kappa shape index (κ2) is 7.90. The predicted octanol–water partition coefficient (Wildman–Crippen LogP) is 3.07. The smallest absolute Gasteiger partial charge is 0.405 e. The zero-order chi connectivity index (χ0) is 24.0. The average molecular weight is 463 g/mol. The van der Waals surface area contributed by atoms with Gasteiger partial charge in [0.25, 0.3) is 5.91 Å². The molecule has 3 aromatic heterocycles. The van der Waals surface area contributed by atoms with Crippen molar-refractivity contribution in [3.63, 3.8) is 0 Å². The van der Waals surface area contributed by atoms with Gasteiger partial charge in [0.05, 0.1) is 11.6 Å². The van der Waals surface area contributed by atoms with Crippen LogP contribution in [0.25, 0.3) is 11.5 Å². The van der Waals surface area contributed by atoms with E-state index in [2.05, 4.69) is 25.7 Å². The van der Waals surface area contributed by atoms with Gasteiger partial charge in [-0.15, -0.1) is 0 Å². The molecule has 2 N–H and O–H groups in total. The number of hydrogen-bond donors (Lipinski definition) is 2. The maximum Gasteiger partial charge on any atom is 0.405 e. The summed E-state index contributed by atoms with van der Waals surface area (Å²) in [7, 11) is 1.66. The Hall–Kier alpha value is -3.90. The van der Waals surface area contributed by atoms with E-state index in [4.69, 9.17) is 4.42 Å². The third-order valence-electron chi connectivity index (χ3n) is 4.90. The minimum absolute atomic E-state index is 0.0174. The lowest BCUT2D eigenvalue weighted by Gasteiger charge is -2.43. The number of aryl methyl sites for hydroxylation is 1. The SMILES string of the molecule is Cn1cc(NC(=O)c2coc(-c3ccnc(NCC(F)(F)F)c3)n2)c(N2CC(C)(C)C2=O)n1. The highest BCUT2D eigenvalue weighted by atomic mass is 19.4. The molecule has 0 saturated carbocycles. The summed E-state index contributed by atoms with van der Waals surface area (Å²) in [5.41, 5.74) is 0.123. The molecule has 0 bridgehead atoms. The number of rotatable bonds is 6. The Bertz CT molecular complexity index is 1220. The molecule has 1 saturated heterocycles. The lowest BCUT2D eigenvalue weighted by atomic mass is 9.83. The molecule has 33 heavy (non-hydrogen) atoms. The van der Waals surface area contributed by atoms with Crippen LogP contribution in [0.1, 0.15) is 24.3 Å². The van der Waals surface area contributed by atoms with Crippen molar-refractivity contribution in [1.82, 2.24) is 19.7 Å². The molecular formula is C20H20F3N7O3. The quantitative estimate of drug-likeness (QED) is 0.540. The van der Waals surface area contributed by atoms with Gasteiger partial charge in [0.15, 0.2) is 11.5 Å². The van der Waals surface area contributed by atoms with Gasteiger partial charge < -0.3 is 15.1 Å². The molecule has 0 atom stereocenters. The number of hydrogen-bond acceptors (Lipinski definition) is 7. The largest absolute Gasteiger partial charge is 0.444 e. The van der Waals surface area contributed by atoms with E-state index in [-0.39, 0.29) is 23.3 Å². The van der Waals surface area contributed by atoms with Crippen LogP contribution < -0.4 is 15.5 Å². The van der Waals surface area contributed by atoms with Crippen molar-refractivity contribution >= 4 is 29.1 Å². The lowest BCUT2D eigenvalue weighted by molar-refractivity contribution is -0.132. The van der Waals surface area contributed by atoms with E-state index in [0.717, 1.165) is 6.26 Å². The van der Waals surface area contributed by atoms with Crippen molar-refractivity contribution in [1.29, 1.82) is 0 Å². The second-order valence-corrected chi connectivity index (χ2v) is 8.21. The van der Waals surface area contributed by atoms with Crippen molar-refractivity contribution in [2.24, 2.45) is 12.5 Å². The van der Waals surface area contributed by atoms with Gasteiger partial charge in [0.1, 0.15) is 24.3 Å². The zero-order valence-electron chi connectivity index (χ0n) is 17.9. The number of oxazole rings is 1. The molecule has 0 radical (unpaired) electrons. The summed E-state index contributed by atoms with van der Waals surface area (Å²) in [4.78, 5) is 34.5. The fourth-order valence-electron chi connectivity index (χ4n) is 3.29. The van der Waals surface area contributed by atoms with Crippen LogP contribution in [0.2, 0.25) is 0 Å². The maximum atomic E-state index is 12.7. The highest BCUT2D eigenvalue weighted by Crippen LogP contribution is 2.37. The molecule has 0 unspecified atom stereocenters. The highest BCUT2D eigenvalue weighted by molar-refractivity contribution is 6.09. The van der Waals surface area contributed by atoms with Crippen LogP contribution in [0.4, 0.5) is 30.5 Å². The number of nitrogens with zero attached hydrogens (tertiary/aromatic N) is 5. The number of amides is 2. The number of carbonyl (C=O) groups excluding carboxylic acids is 2. The molecule has 1 aliphatic rings. The molecule has 4 heterocycles. The minimum Gasteiger partial charge on any atom is -0.444 e. The molecule has 1 fully saturated rings. The van der Waals surface area contributed by atoms with Gasteiger partial charge in [-0.05, 0) is 26.0 Å². The third-order valence-corrected chi connectivity index (χ3v) is 4.90. The van der Waals surface area contributed by atoms with Gasteiger partial charge in [0.2, 0.25) is 11.8 Å². The molecule has 2 amide bonds. The lowest BCUT2D eigenvalue weighted by Crippen LogP contribution is -2.59.